The summed E-state index contributed by atoms with van der Waals surface area (Å²) in [6.07, 6.45) is 1.90. The lowest BCUT2D eigenvalue weighted by molar-refractivity contribution is 0.756. The predicted molar refractivity (Wildman–Crippen MR) is 38.0 cm³/mol. The van der Waals surface area contributed by atoms with E-state index in [1.807, 2.05) is 20.2 Å². The maximum Gasteiger partial charge on any atom is 0.0742 e. The van der Waals surface area contributed by atoms with Crippen LogP contribution < -0.4 is 5.14 Å². The van der Waals surface area contributed by atoms with Gasteiger partial charge in [0.25, 0.3) is 0 Å². The van der Waals surface area contributed by atoms with Crippen molar-refractivity contribution in [2.24, 2.45) is 12.2 Å². The van der Waals surface area contributed by atoms with Gasteiger partial charge in [-0.05, 0) is 18.9 Å². The zero-order valence-electron chi connectivity index (χ0n) is 5.46. The van der Waals surface area contributed by atoms with Crippen LogP contribution in [0.3, 0.4) is 0 Å². The van der Waals surface area contributed by atoms with Crippen molar-refractivity contribution in [2.75, 3.05) is 0 Å². The van der Waals surface area contributed by atoms with Crippen molar-refractivity contribution < 1.29 is 0 Å². The fourth-order valence-electron chi connectivity index (χ4n) is 0.694. The summed E-state index contributed by atoms with van der Waals surface area (Å²) < 4.78 is 1.75. The lowest BCUT2D eigenvalue weighted by atomic mass is 10.5. The Bertz CT molecular complexity index is 206. The van der Waals surface area contributed by atoms with Gasteiger partial charge in [-0.2, -0.15) is 5.10 Å². The van der Waals surface area contributed by atoms with Gasteiger partial charge in [0.1, 0.15) is 0 Å². The molecule has 0 spiro atoms. The molecule has 1 rings (SSSR count). The molecule has 0 fully saturated rings. The van der Waals surface area contributed by atoms with Gasteiger partial charge in [-0.1, -0.05) is 0 Å². The molecule has 0 radical (unpaired) electrons. The van der Waals surface area contributed by atoms with Crippen molar-refractivity contribution in [1.29, 1.82) is 0 Å². The second kappa shape index (κ2) is 2.41. The second-order valence-corrected chi connectivity index (χ2v) is 2.55. The van der Waals surface area contributed by atoms with E-state index in [9.17, 15) is 0 Å². The molecular weight excluding hydrogens is 134 g/mol. The standard InChI is InChI=1S/C5H9N3S/c1-4-5(9-6)3-8(2)7-4/h3H,6H2,1-2H3. The lowest BCUT2D eigenvalue weighted by Gasteiger charge is -1.84. The van der Waals surface area contributed by atoms with Gasteiger partial charge in [-0.15, -0.1) is 0 Å². The van der Waals surface area contributed by atoms with Crippen LogP contribution in [0.1, 0.15) is 5.69 Å². The van der Waals surface area contributed by atoms with Gasteiger partial charge in [0.05, 0.1) is 10.6 Å². The van der Waals surface area contributed by atoms with Gasteiger partial charge in [0.15, 0.2) is 0 Å². The van der Waals surface area contributed by atoms with Gasteiger partial charge in [0.2, 0.25) is 0 Å². The van der Waals surface area contributed by atoms with Gasteiger partial charge < -0.3 is 0 Å². The number of aromatic nitrogens is 2. The highest BCUT2D eigenvalue weighted by Gasteiger charge is 1.98. The molecule has 0 amide bonds. The molecule has 4 heteroatoms. The average Bonchev–Trinajstić information content (AvgIpc) is 2.10. The zero-order valence-corrected chi connectivity index (χ0v) is 6.27. The number of rotatable bonds is 1. The van der Waals surface area contributed by atoms with Crippen molar-refractivity contribution in [2.45, 2.75) is 11.8 Å². The van der Waals surface area contributed by atoms with Crippen molar-refractivity contribution in [3.05, 3.63) is 11.9 Å². The Kier molecular flexibility index (Phi) is 1.78. The molecule has 0 saturated heterocycles. The lowest BCUT2D eigenvalue weighted by Crippen LogP contribution is -1.86. The van der Waals surface area contributed by atoms with E-state index < -0.39 is 0 Å². The average molecular weight is 143 g/mol. The third kappa shape index (κ3) is 1.25. The van der Waals surface area contributed by atoms with Gasteiger partial charge in [0, 0.05) is 13.2 Å². The van der Waals surface area contributed by atoms with Gasteiger partial charge in [-0.25, -0.2) is 0 Å². The topological polar surface area (TPSA) is 43.8 Å². The summed E-state index contributed by atoms with van der Waals surface area (Å²) in [5.41, 5.74) is 0.991. The summed E-state index contributed by atoms with van der Waals surface area (Å²) in [5, 5.41) is 9.43. The molecule has 2 N–H and O–H groups in total. The van der Waals surface area contributed by atoms with Crippen LogP contribution in [0.15, 0.2) is 11.1 Å². The zero-order chi connectivity index (χ0) is 6.85. The highest BCUT2D eigenvalue weighted by Crippen LogP contribution is 2.13. The summed E-state index contributed by atoms with van der Waals surface area (Å²) in [5.74, 6) is 0. The maximum atomic E-state index is 5.33. The monoisotopic (exact) mass is 143 g/mol. The molecular formula is C5H9N3S. The predicted octanol–water partition coefficient (Wildman–Crippen LogP) is 0.694. The molecule has 0 bridgehead atoms. The van der Waals surface area contributed by atoms with E-state index in [0.717, 1.165) is 10.6 Å². The molecule has 3 nitrogen and oxygen atoms in total. The van der Waals surface area contributed by atoms with E-state index in [-0.39, 0.29) is 0 Å². The van der Waals surface area contributed by atoms with Crippen LogP contribution in [0.5, 0.6) is 0 Å². The fourth-order valence-corrected chi connectivity index (χ4v) is 1.12. The van der Waals surface area contributed by atoms with Crippen LogP contribution in [-0.4, -0.2) is 9.78 Å². The summed E-state index contributed by atoms with van der Waals surface area (Å²) in [6, 6.07) is 0. The van der Waals surface area contributed by atoms with E-state index >= 15 is 0 Å². The fraction of sp³-hybridized carbons (Fsp3) is 0.400. The highest BCUT2D eigenvalue weighted by molar-refractivity contribution is 7.97. The Labute approximate surface area is 58.4 Å². The molecule has 9 heavy (non-hydrogen) atoms. The summed E-state index contributed by atoms with van der Waals surface area (Å²) in [4.78, 5) is 1.04. The Morgan fingerprint density at radius 2 is 2.44 bits per heavy atom. The van der Waals surface area contributed by atoms with E-state index in [4.69, 9.17) is 5.14 Å². The third-order valence-corrected chi connectivity index (χ3v) is 1.75. The molecule has 0 atom stereocenters. The van der Waals surface area contributed by atoms with Crippen LogP contribution >= 0.6 is 11.9 Å². The molecule has 0 aliphatic heterocycles. The largest absolute Gasteiger partial charge is 0.274 e. The van der Waals surface area contributed by atoms with Crippen molar-refractivity contribution in [3.8, 4) is 0 Å². The Morgan fingerprint density at radius 3 is 2.67 bits per heavy atom. The van der Waals surface area contributed by atoms with Gasteiger partial charge in [-0.3, -0.25) is 9.82 Å². The normalized spacial score (nSPS) is 10.1. The molecule has 0 aromatic carbocycles. The molecule has 0 aliphatic carbocycles. The van der Waals surface area contributed by atoms with Crippen LogP contribution in [0.2, 0.25) is 0 Å². The highest BCUT2D eigenvalue weighted by atomic mass is 32.2. The number of aryl methyl sites for hydroxylation is 2. The molecule has 0 aliphatic rings. The first-order valence-corrected chi connectivity index (χ1v) is 3.49. The number of hydrogen-bond acceptors (Lipinski definition) is 3. The third-order valence-electron chi connectivity index (χ3n) is 1.10. The van der Waals surface area contributed by atoms with E-state index in [1.54, 1.807) is 4.68 Å². The SMILES string of the molecule is Cc1nn(C)cc1SN. The maximum absolute atomic E-state index is 5.33. The number of nitrogens with zero attached hydrogens (tertiary/aromatic N) is 2. The quantitative estimate of drug-likeness (QED) is 0.588. The van der Waals surface area contributed by atoms with Crippen LogP contribution in [0.25, 0.3) is 0 Å². The van der Waals surface area contributed by atoms with Crippen LogP contribution in [0, 0.1) is 6.92 Å². The van der Waals surface area contributed by atoms with E-state index in [0.29, 0.717) is 0 Å². The van der Waals surface area contributed by atoms with Gasteiger partial charge >= 0.3 is 0 Å². The van der Waals surface area contributed by atoms with E-state index in [1.165, 1.54) is 11.9 Å². The molecule has 1 heterocycles. The minimum atomic E-state index is 0.991. The Balaban J connectivity index is 3.01. The Hall–Kier alpha value is -0.480. The molecule has 1 aromatic rings. The first-order chi connectivity index (χ1) is 4.24. The molecule has 0 unspecified atom stereocenters. The van der Waals surface area contributed by atoms with Crippen molar-refractivity contribution >= 4 is 11.9 Å². The molecule has 0 saturated carbocycles. The van der Waals surface area contributed by atoms with E-state index in [2.05, 4.69) is 5.10 Å². The first-order valence-electron chi connectivity index (χ1n) is 2.61. The molecule has 1 aromatic heterocycles. The minimum absolute atomic E-state index is 0.991. The smallest absolute Gasteiger partial charge is 0.0742 e. The minimum Gasteiger partial charge on any atom is -0.274 e. The van der Waals surface area contributed by atoms with Crippen LogP contribution in [-0.2, 0) is 7.05 Å². The van der Waals surface area contributed by atoms with Crippen molar-refractivity contribution in [1.82, 2.24) is 9.78 Å². The number of hydrogen-bond donors (Lipinski definition) is 1. The van der Waals surface area contributed by atoms with Crippen molar-refractivity contribution in [3.63, 3.8) is 0 Å². The number of nitrogens with two attached hydrogens (primary N) is 1. The summed E-state index contributed by atoms with van der Waals surface area (Å²) in [7, 11) is 1.88. The van der Waals surface area contributed by atoms with Crippen LogP contribution in [0.4, 0.5) is 0 Å². The second-order valence-electron chi connectivity index (χ2n) is 1.87. The first kappa shape index (κ1) is 6.64. The summed E-state index contributed by atoms with van der Waals surface area (Å²) in [6.45, 7) is 1.94. The molecule has 50 valence electrons. The Morgan fingerprint density at radius 1 is 1.78 bits per heavy atom. The summed E-state index contributed by atoms with van der Waals surface area (Å²) >= 11 is 1.23.